The number of ether oxygens (including phenoxy) is 2. The molecule has 0 aromatic heterocycles. The molecule has 0 aliphatic rings. The van der Waals surface area contributed by atoms with E-state index in [4.69, 9.17) is 32.7 Å². The van der Waals surface area contributed by atoms with Crippen molar-refractivity contribution in [3.63, 3.8) is 0 Å². The molecular weight excluding hydrogens is 303 g/mol. The number of rotatable bonds is 8. The van der Waals surface area contributed by atoms with Crippen molar-refractivity contribution in [3.05, 3.63) is 35.4 Å². The van der Waals surface area contributed by atoms with Crippen molar-refractivity contribution >= 4 is 35.1 Å². The third-order valence-electron chi connectivity index (χ3n) is 2.39. The molecule has 0 spiro atoms. The Hall–Kier alpha value is -1.26. The van der Waals surface area contributed by atoms with Crippen molar-refractivity contribution in [3.8, 4) is 0 Å². The molecule has 0 aliphatic carbocycles. The second-order valence-corrected chi connectivity index (χ2v) is 4.66. The van der Waals surface area contributed by atoms with E-state index >= 15 is 0 Å². The van der Waals surface area contributed by atoms with Gasteiger partial charge in [0.25, 0.3) is 0 Å². The SMILES string of the molecule is O=C(OCCCCl)c1ccccc1C(=O)OCCCCl. The lowest BCUT2D eigenvalue weighted by Crippen LogP contribution is -2.15. The summed E-state index contributed by atoms with van der Waals surface area (Å²) >= 11 is 11.0. The molecular formula is C14H16Cl2O4. The van der Waals surface area contributed by atoms with Gasteiger partial charge in [-0.15, -0.1) is 23.2 Å². The van der Waals surface area contributed by atoms with E-state index in [0.29, 0.717) is 24.6 Å². The summed E-state index contributed by atoms with van der Waals surface area (Å²) in [5.41, 5.74) is 0.385. The Morgan fingerprint density at radius 1 is 0.850 bits per heavy atom. The quantitative estimate of drug-likeness (QED) is 0.419. The second-order valence-electron chi connectivity index (χ2n) is 3.90. The zero-order valence-corrected chi connectivity index (χ0v) is 12.5. The Kier molecular flexibility index (Phi) is 8.07. The largest absolute Gasteiger partial charge is 0.462 e. The standard InChI is InChI=1S/C14H16Cl2O4/c15-7-3-9-19-13(17)11-5-1-2-6-12(11)14(18)20-10-4-8-16/h1-2,5-6H,3-4,7-10H2. The van der Waals surface area contributed by atoms with Gasteiger partial charge in [-0.2, -0.15) is 0 Å². The zero-order valence-electron chi connectivity index (χ0n) is 10.9. The van der Waals surface area contributed by atoms with Gasteiger partial charge in [0.2, 0.25) is 0 Å². The minimum atomic E-state index is -0.556. The molecule has 6 heteroatoms. The Labute approximate surface area is 128 Å². The summed E-state index contributed by atoms with van der Waals surface area (Å²) < 4.78 is 10.1. The van der Waals surface area contributed by atoms with Crippen molar-refractivity contribution in [1.29, 1.82) is 0 Å². The minimum absolute atomic E-state index is 0.193. The van der Waals surface area contributed by atoms with Gasteiger partial charge < -0.3 is 9.47 Å². The maximum atomic E-state index is 11.9. The number of benzene rings is 1. The highest BCUT2D eigenvalue weighted by atomic mass is 35.5. The smallest absolute Gasteiger partial charge is 0.339 e. The van der Waals surface area contributed by atoms with Gasteiger partial charge in [0.05, 0.1) is 24.3 Å². The van der Waals surface area contributed by atoms with E-state index in [1.165, 1.54) is 12.1 Å². The van der Waals surface area contributed by atoms with Crippen LogP contribution in [0.15, 0.2) is 24.3 Å². The molecule has 4 nitrogen and oxygen atoms in total. The summed E-state index contributed by atoms with van der Waals surface area (Å²) in [6, 6.07) is 6.38. The molecule has 0 heterocycles. The van der Waals surface area contributed by atoms with Gasteiger partial charge in [0.15, 0.2) is 0 Å². The van der Waals surface area contributed by atoms with Gasteiger partial charge in [-0.1, -0.05) is 12.1 Å². The first-order chi connectivity index (χ1) is 9.70. The number of esters is 2. The zero-order chi connectivity index (χ0) is 14.8. The van der Waals surface area contributed by atoms with Crippen LogP contribution in [0, 0.1) is 0 Å². The fourth-order valence-electron chi connectivity index (χ4n) is 1.43. The number of halogens is 2. The molecule has 0 amide bonds. The van der Waals surface area contributed by atoms with Crippen LogP contribution >= 0.6 is 23.2 Å². The van der Waals surface area contributed by atoms with Gasteiger partial charge >= 0.3 is 11.9 Å². The lowest BCUT2D eigenvalue weighted by atomic mass is 10.1. The van der Waals surface area contributed by atoms with Crippen molar-refractivity contribution < 1.29 is 19.1 Å². The first-order valence-corrected chi connectivity index (χ1v) is 7.32. The summed E-state index contributed by atoms with van der Waals surface area (Å²) in [4.78, 5) is 23.8. The van der Waals surface area contributed by atoms with E-state index in [1.54, 1.807) is 12.1 Å². The van der Waals surface area contributed by atoms with E-state index in [9.17, 15) is 9.59 Å². The molecule has 0 unspecified atom stereocenters. The predicted octanol–water partition coefficient (Wildman–Crippen LogP) is 3.26. The molecule has 1 aromatic rings. The van der Waals surface area contributed by atoms with Crippen molar-refractivity contribution in [2.24, 2.45) is 0 Å². The molecule has 0 aliphatic heterocycles. The molecule has 0 saturated carbocycles. The highest BCUT2D eigenvalue weighted by Gasteiger charge is 2.18. The number of hydrogen-bond acceptors (Lipinski definition) is 4. The normalized spacial score (nSPS) is 10.1. The molecule has 0 fully saturated rings. The molecule has 1 rings (SSSR count). The van der Waals surface area contributed by atoms with Crippen molar-refractivity contribution in [1.82, 2.24) is 0 Å². The number of carbonyl (C=O) groups is 2. The summed E-state index contributed by atoms with van der Waals surface area (Å²) in [6.07, 6.45) is 1.13. The Balaban J connectivity index is 2.71. The maximum Gasteiger partial charge on any atom is 0.339 e. The average Bonchev–Trinajstić information content (AvgIpc) is 2.47. The van der Waals surface area contributed by atoms with Crippen LogP contribution in [0.5, 0.6) is 0 Å². The first-order valence-electron chi connectivity index (χ1n) is 6.26. The van der Waals surface area contributed by atoms with Crippen LogP contribution in [0.25, 0.3) is 0 Å². The van der Waals surface area contributed by atoms with Gasteiger partial charge in [-0.05, 0) is 25.0 Å². The molecule has 110 valence electrons. The van der Waals surface area contributed by atoms with Gasteiger partial charge in [-0.3, -0.25) is 0 Å². The van der Waals surface area contributed by atoms with E-state index in [2.05, 4.69) is 0 Å². The number of hydrogen-bond donors (Lipinski definition) is 0. The molecule has 0 atom stereocenters. The summed E-state index contributed by atoms with van der Waals surface area (Å²) in [7, 11) is 0. The molecule has 0 bridgehead atoms. The van der Waals surface area contributed by atoms with Crippen LogP contribution in [0.1, 0.15) is 33.6 Å². The number of carbonyl (C=O) groups excluding carboxylic acids is 2. The molecule has 0 radical (unpaired) electrons. The molecule has 0 N–H and O–H groups in total. The highest BCUT2D eigenvalue weighted by molar-refractivity contribution is 6.18. The molecule has 20 heavy (non-hydrogen) atoms. The van der Waals surface area contributed by atoms with E-state index in [0.717, 1.165) is 0 Å². The predicted molar refractivity (Wildman–Crippen MR) is 77.7 cm³/mol. The minimum Gasteiger partial charge on any atom is -0.462 e. The Morgan fingerprint density at radius 3 is 1.60 bits per heavy atom. The van der Waals surface area contributed by atoms with Crippen LogP contribution in [0.3, 0.4) is 0 Å². The third kappa shape index (κ3) is 5.39. The van der Waals surface area contributed by atoms with Gasteiger partial charge in [0.1, 0.15) is 0 Å². The maximum absolute atomic E-state index is 11.9. The van der Waals surface area contributed by atoms with Crippen molar-refractivity contribution in [2.45, 2.75) is 12.8 Å². The fourth-order valence-corrected chi connectivity index (χ4v) is 1.65. The van der Waals surface area contributed by atoms with E-state index < -0.39 is 11.9 Å². The number of alkyl halides is 2. The van der Waals surface area contributed by atoms with Gasteiger partial charge in [-0.25, -0.2) is 9.59 Å². The van der Waals surface area contributed by atoms with Crippen LogP contribution < -0.4 is 0 Å². The molecule has 0 saturated heterocycles. The Bertz CT molecular complexity index is 408. The third-order valence-corrected chi connectivity index (χ3v) is 2.92. The molecule has 1 aromatic carbocycles. The lowest BCUT2D eigenvalue weighted by Gasteiger charge is -2.09. The van der Waals surface area contributed by atoms with E-state index in [-0.39, 0.29) is 24.3 Å². The lowest BCUT2D eigenvalue weighted by molar-refractivity contribution is 0.0459. The monoisotopic (exact) mass is 318 g/mol. The first kappa shape index (κ1) is 16.8. The van der Waals surface area contributed by atoms with Crippen LogP contribution in [0.4, 0.5) is 0 Å². The van der Waals surface area contributed by atoms with E-state index in [1.807, 2.05) is 0 Å². The second kappa shape index (κ2) is 9.61. The topological polar surface area (TPSA) is 52.6 Å². The highest BCUT2D eigenvalue weighted by Crippen LogP contribution is 2.12. The van der Waals surface area contributed by atoms with Crippen LogP contribution in [-0.2, 0) is 9.47 Å². The van der Waals surface area contributed by atoms with Gasteiger partial charge in [0, 0.05) is 11.8 Å². The summed E-state index contributed by atoms with van der Waals surface area (Å²) in [5, 5.41) is 0. The van der Waals surface area contributed by atoms with Crippen LogP contribution in [0.2, 0.25) is 0 Å². The Morgan fingerprint density at radius 2 is 1.25 bits per heavy atom. The fraction of sp³-hybridized carbons (Fsp3) is 0.429. The van der Waals surface area contributed by atoms with Crippen LogP contribution in [-0.4, -0.2) is 36.9 Å². The summed E-state index contributed by atoms with van der Waals surface area (Å²) in [6.45, 7) is 0.440. The average molecular weight is 319 g/mol. The van der Waals surface area contributed by atoms with Crippen molar-refractivity contribution in [2.75, 3.05) is 25.0 Å². The summed E-state index contributed by atoms with van der Waals surface area (Å²) in [5.74, 6) is -0.287.